The average molecular weight is 266 g/mol. The van der Waals surface area contributed by atoms with E-state index in [2.05, 4.69) is 5.32 Å². The number of ether oxygens (including phenoxy) is 1. The maximum Gasteiger partial charge on any atom is 0.269 e. The molecule has 1 aliphatic heterocycles. The first-order chi connectivity index (χ1) is 9.16. The molecule has 1 heterocycles. The molecule has 6 heteroatoms. The zero-order valence-electron chi connectivity index (χ0n) is 10.6. The molecule has 6 nitrogen and oxygen atoms in total. The van der Waals surface area contributed by atoms with Gasteiger partial charge in [0.25, 0.3) is 5.69 Å². The number of benzene rings is 1. The quantitative estimate of drug-likeness (QED) is 0.598. The van der Waals surface area contributed by atoms with Crippen LogP contribution in [-0.2, 0) is 4.74 Å². The van der Waals surface area contributed by atoms with E-state index in [1.807, 2.05) is 0 Å². The Hall–Kier alpha value is -1.50. The van der Waals surface area contributed by atoms with Gasteiger partial charge in [-0.25, -0.2) is 0 Å². The summed E-state index contributed by atoms with van der Waals surface area (Å²) in [6.45, 7) is 2.86. The van der Waals surface area contributed by atoms with Crippen molar-refractivity contribution in [3.63, 3.8) is 0 Å². The molecule has 104 valence electrons. The van der Waals surface area contributed by atoms with Crippen LogP contribution in [0.4, 0.5) is 5.69 Å². The Labute approximate surface area is 111 Å². The number of hydrogen-bond donors (Lipinski definition) is 2. The highest BCUT2D eigenvalue weighted by atomic mass is 16.6. The molecule has 1 aromatic carbocycles. The predicted molar refractivity (Wildman–Crippen MR) is 69.9 cm³/mol. The Morgan fingerprint density at radius 3 is 2.79 bits per heavy atom. The molecule has 1 aliphatic rings. The summed E-state index contributed by atoms with van der Waals surface area (Å²) in [6, 6.07) is 5.99. The minimum atomic E-state index is -0.650. The van der Waals surface area contributed by atoms with Gasteiger partial charge in [0.05, 0.1) is 17.6 Å². The van der Waals surface area contributed by atoms with Crippen LogP contribution in [-0.4, -0.2) is 36.3 Å². The lowest BCUT2D eigenvalue weighted by molar-refractivity contribution is -0.384. The molecule has 0 bridgehead atoms. The number of nitro groups is 1. The van der Waals surface area contributed by atoms with Gasteiger partial charge in [0.2, 0.25) is 0 Å². The maximum absolute atomic E-state index is 10.5. The number of rotatable bonds is 6. The van der Waals surface area contributed by atoms with Gasteiger partial charge in [-0.3, -0.25) is 10.1 Å². The molecule has 0 saturated carbocycles. The summed E-state index contributed by atoms with van der Waals surface area (Å²) in [4.78, 5) is 10.1. The zero-order chi connectivity index (χ0) is 13.7. The van der Waals surface area contributed by atoms with Gasteiger partial charge in [0.1, 0.15) is 0 Å². The SMILES string of the molecule is O=[N+]([O-])c1ccc(C(O)CNCC2CCOC2)cc1. The lowest BCUT2D eigenvalue weighted by atomic mass is 10.1. The lowest BCUT2D eigenvalue weighted by Gasteiger charge is -2.14. The van der Waals surface area contributed by atoms with Gasteiger partial charge < -0.3 is 15.2 Å². The van der Waals surface area contributed by atoms with Crippen LogP contribution >= 0.6 is 0 Å². The number of non-ortho nitro benzene ring substituents is 1. The normalized spacial score (nSPS) is 20.4. The summed E-state index contributed by atoms with van der Waals surface area (Å²) in [7, 11) is 0. The number of aliphatic hydroxyl groups is 1. The van der Waals surface area contributed by atoms with Crippen molar-refractivity contribution in [2.24, 2.45) is 5.92 Å². The average Bonchev–Trinajstić information content (AvgIpc) is 2.92. The second-order valence-electron chi connectivity index (χ2n) is 4.75. The molecule has 1 saturated heterocycles. The van der Waals surface area contributed by atoms with Crippen molar-refractivity contribution in [1.82, 2.24) is 5.32 Å². The molecule has 1 fully saturated rings. The standard InChI is InChI=1S/C13H18N2O4/c16-13(8-14-7-10-5-6-19-9-10)11-1-3-12(4-2-11)15(17)18/h1-4,10,13-14,16H,5-9H2. The Bertz CT molecular complexity index is 415. The fraction of sp³-hybridized carbons (Fsp3) is 0.538. The Kier molecular flexibility index (Phi) is 4.84. The van der Waals surface area contributed by atoms with Crippen molar-refractivity contribution < 1.29 is 14.8 Å². The third-order valence-electron chi connectivity index (χ3n) is 3.28. The van der Waals surface area contributed by atoms with Crippen molar-refractivity contribution >= 4 is 5.69 Å². The molecule has 0 aromatic heterocycles. The van der Waals surface area contributed by atoms with Gasteiger partial charge >= 0.3 is 0 Å². The number of hydrogen-bond acceptors (Lipinski definition) is 5. The van der Waals surface area contributed by atoms with Gasteiger partial charge in [0.15, 0.2) is 0 Å². The second kappa shape index (κ2) is 6.60. The molecule has 2 rings (SSSR count). The van der Waals surface area contributed by atoms with Crippen molar-refractivity contribution in [2.75, 3.05) is 26.3 Å². The van der Waals surface area contributed by atoms with Gasteiger partial charge in [0, 0.05) is 31.8 Å². The highest BCUT2D eigenvalue weighted by molar-refractivity contribution is 5.33. The summed E-state index contributed by atoms with van der Waals surface area (Å²) in [5.41, 5.74) is 0.716. The Balaban J connectivity index is 1.78. The molecule has 0 amide bonds. The van der Waals surface area contributed by atoms with E-state index in [0.29, 0.717) is 18.0 Å². The smallest absolute Gasteiger partial charge is 0.269 e. The highest BCUT2D eigenvalue weighted by Crippen LogP contribution is 2.17. The minimum absolute atomic E-state index is 0.0343. The van der Waals surface area contributed by atoms with Gasteiger partial charge in [-0.1, -0.05) is 0 Å². The van der Waals surface area contributed by atoms with Crippen molar-refractivity contribution in [1.29, 1.82) is 0 Å². The summed E-state index contributed by atoms with van der Waals surface area (Å²) in [5.74, 6) is 0.518. The summed E-state index contributed by atoms with van der Waals surface area (Å²) in [6.07, 6.45) is 0.406. The topological polar surface area (TPSA) is 84.6 Å². The Morgan fingerprint density at radius 2 is 2.21 bits per heavy atom. The summed E-state index contributed by atoms with van der Waals surface area (Å²) in [5, 5.41) is 23.7. The van der Waals surface area contributed by atoms with E-state index in [9.17, 15) is 15.2 Å². The highest BCUT2D eigenvalue weighted by Gasteiger charge is 2.16. The first kappa shape index (κ1) is 13.9. The maximum atomic E-state index is 10.5. The van der Waals surface area contributed by atoms with Crippen LogP contribution in [0.2, 0.25) is 0 Å². The first-order valence-corrected chi connectivity index (χ1v) is 6.37. The first-order valence-electron chi connectivity index (χ1n) is 6.37. The molecule has 2 N–H and O–H groups in total. The fourth-order valence-electron chi connectivity index (χ4n) is 2.10. The molecule has 0 spiro atoms. The van der Waals surface area contributed by atoms with Gasteiger partial charge in [-0.15, -0.1) is 0 Å². The molecular weight excluding hydrogens is 248 g/mol. The van der Waals surface area contributed by atoms with E-state index in [0.717, 1.165) is 26.2 Å². The van der Waals surface area contributed by atoms with E-state index in [1.54, 1.807) is 12.1 Å². The number of aliphatic hydroxyl groups excluding tert-OH is 1. The van der Waals surface area contributed by atoms with Crippen LogP contribution in [0.25, 0.3) is 0 Å². The van der Waals surface area contributed by atoms with Crippen molar-refractivity contribution in [3.05, 3.63) is 39.9 Å². The van der Waals surface area contributed by atoms with Gasteiger partial charge in [-0.05, 0) is 30.0 Å². The minimum Gasteiger partial charge on any atom is -0.387 e. The third-order valence-corrected chi connectivity index (χ3v) is 3.28. The largest absolute Gasteiger partial charge is 0.387 e. The van der Waals surface area contributed by atoms with Crippen LogP contribution < -0.4 is 5.32 Å². The van der Waals surface area contributed by atoms with Crippen LogP contribution in [0.5, 0.6) is 0 Å². The summed E-state index contributed by atoms with van der Waals surface area (Å²) >= 11 is 0. The molecule has 1 aromatic rings. The van der Waals surface area contributed by atoms with Gasteiger partial charge in [-0.2, -0.15) is 0 Å². The Morgan fingerprint density at radius 1 is 1.47 bits per heavy atom. The molecule has 0 aliphatic carbocycles. The zero-order valence-corrected chi connectivity index (χ0v) is 10.6. The molecular formula is C13H18N2O4. The van der Waals surface area contributed by atoms with E-state index in [-0.39, 0.29) is 5.69 Å². The molecule has 19 heavy (non-hydrogen) atoms. The number of nitro benzene ring substituents is 1. The molecule has 0 radical (unpaired) electrons. The van der Waals surface area contributed by atoms with E-state index >= 15 is 0 Å². The van der Waals surface area contributed by atoms with Crippen LogP contribution in [0.1, 0.15) is 18.1 Å². The molecule has 2 atom stereocenters. The van der Waals surface area contributed by atoms with Crippen molar-refractivity contribution in [3.8, 4) is 0 Å². The lowest BCUT2D eigenvalue weighted by Crippen LogP contribution is -2.27. The van der Waals surface area contributed by atoms with E-state index in [4.69, 9.17) is 4.74 Å². The number of nitrogens with zero attached hydrogens (tertiary/aromatic N) is 1. The van der Waals surface area contributed by atoms with Crippen molar-refractivity contribution in [2.45, 2.75) is 12.5 Å². The van der Waals surface area contributed by atoms with E-state index in [1.165, 1.54) is 12.1 Å². The van der Waals surface area contributed by atoms with Crippen LogP contribution in [0.15, 0.2) is 24.3 Å². The van der Waals surface area contributed by atoms with Crippen LogP contribution in [0, 0.1) is 16.0 Å². The predicted octanol–water partition coefficient (Wildman–Crippen LogP) is 1.25. The van der Waals surface area contributed by atoms with E-state index < -0.39 is 11.0 Å². The fourth-order valence-corrected chi connectivity index (χ4v) is 2.10. The van der Waals surface area contributed by atoms with Crippen LogP contribution in [0.3, 0.4) is 0 Å². The monoisotopic (exact) mass is 266 g/mol. The number of nitrogens with one attached hydrogen (secondary N) is 1. The summed E-state index contributed by atoms with van der Waals surface area (Å²) < 4.78 is 5.27. The third kappa shape index (κ3) is 3.99. The second-order valence-corrected chi connectivity index (χ2v) is 4.75. The molecule has 2 unspecified atom stereocenters.